The summed E-state index contributed by atoms with van der Waals surface area (Å²) in [6.45, 7) is 0. The summed E-state index contributed by atoms with van der Waals surface area (Å²) < 4.78 is 18.9. The fraction of sp³-hybridized carbons (Fsp3) is 0.154. The molecule has 0 amide bonds. The van der Waals surface area contributed by atoms with E-state index in [1.54, 1.807) is 11.6 Å². The van der Waals surface area contributed by atoms with Crippen LogP contribution in [0.1, 0.15) is 17.5 Å². The number of nitrogens with zero attached hydrogens (tertiary/aromatic N) is 1. The van der Waals surface area contributed by atoms with Gasteiger partial charge < -0.3 is 9.73 Å². The van der Waals surface area contributed by atoms with Gasteiger partial charge >= 0.3 is 0 Å². The third-order valence-corrected chi connectivity index (χ3v) is 3.42. The maximum absolute atomic E-state index is 13.1. The van der Waals surface area contributed by atoms with Crippen molar-refractivity contribution in [2.24, 2.45) is 0 Å². The van der Waals surface area contributed by atoms with Gasteiger partial charge in [0.05, 0.1) is 11.2 Å². The van der Waals surface area contributed by atoms with Gasteiger partial charge in [0.1, 0.15) is 23.2 Å². The van der Waals surface area contributed by atoms with Crippen LogP contribution in [0.15, 0.2) is 39.6 Å². The molecule has 0 bridgehead atoms. The Hall–Kier alpha value is -1.72. The Balaban J connectivity index is 2.07. The lowest BCUT2D eigenvalue weighted by Crippen LogP contribution is -2.17. The number of hydrogen-bond acceptors (Lipinski definition) is 4. The van der Waals surface area contributed by atoms with Crippen molar-refractivity contribution in [2.75, 3.05) is 7.05 Å². The summed E-state index contributed by atoms with van der Waals surface area (Å²) in [7, 11) is 1.85. The van der Waals surface area contributed by atoms with Gasteiger partial charge in [-0.15, -0.1) is 11.3 Å². The van der Waals surface area contributed by atoms with E-state index in [-0.39, 0.29) is 11.9 Å². The van der Waals surface area contributed by atoms with Crippen molar-refractivity contribution in [1.82, 2.24) is 10.3 Å². The van der Waals surface area contributed by atoms with Gasteiger partial charge in [-0.3, -0.25) is 0 Å². The highest BCUT2D eigenvalue weighted by molar-refractivity contribution is 7.07. The SMILES string of the molecule is CNC(c1cscn1)c1cc2cc(F)ccc2o1. The van der Waals surface area contributed by atoms with Crippen LogP contribution >= 0.6 is 11.3 Å². The second-order valence-electron chi connectivity index (χ2n) is 3.97. The number of rotatable bonds is 3. The van der Waals surface area contributed by atoms with Crippen molar-refractivity contribution < 1.29 is 8.81 Å². The maximum Gasteiger partial charge on any atom is 0.134 e. The summed E-state index contributed by atoms with van der Waals surface area (Å²) in [5, 5.41) is 5.88. The van der Waals surface area contributed by atoms with Crippen LogP contribution in [0.3, 0.4) is 0 Å². The lowest BCUT2D eigenvalue weighted by molar-refractivity contribution is 0.487. The molecule has 5 heteroatoms. The molecule has 0 saturated heterocycles. The summed E-state index contributed by atoms with van der Waals surface area (Å²) in [4.78, 5) is 4.27. The third-order valence-electron chi connectivity index (χ3n) is 2.82. The van der Waals surface area contributed by atoms with Crippen LogP contribution < -0.4 is 5.32 Å². The molecular formula is C13H11FN2OS. The number of fused-ring (bicyclic) bond motifs is 1. The van der Waals surface area contributed by atoms with Gasteiger partial charge in [0.2, 0.25) is 0 Å². The molecule has 0 radical (unpaired) electrons. The summed E-state index contributed by atoms with van der Waals surface area (Å²) in [5.74, 6) is 0.480. The molecule has 2 heterocycles. The average Bonchev–Trinajstić information content (AvgIpc) is 2.98. The number of nitrogens with one attached hydrogen (secondary N) is 1. The monoisotopic (exact) mass is 262 g/mol. The number of aromatic nitrogens is 1. The minimum atomic E-state index is -0.260. The van der Waals surface area contributed by atoms with Crippen molar-refractivity contribution in [3.63, 3.8) is 0 Å². The minimum absolute atomic E-state index is 0.105. The zero-order valence-corrected chi connectivity index (χ0v) is 10.5. The molecule has 0 aliphatic rings. The van der Waals surface area contributed by atoms with E-state index in [2.05, 4.69) is 10.3 Å². The summed E-state index contributed by atoms with van der Waals surface area (Å²) >= 11 is 1.53. The lowest BCUT2D eigenvalue weighted by Gasteiger charge is -2.09. The molecule has 0 aliphatic carbocycles. The normalized spacial score (nSPS) is 13.0. The molecule has 3 rings (SSSR count). The van der Waals surface area contributed by atoms with Crippen LogP contribution in [0.5, 0.6) is 0 Å². The molecule has 1 atom stereocenters. The standard InChI is InChI=1S/C13H11FN2OS/c1-15-13(10-6-18-7-16-10)12-5-8-4-9(14)2-3-11(8)17-12/h2-7,13,15H,1H3. The molecule has 18 heavy (non-hydrogen) atoms. The Morgan fingerprint density at radius 3 is 3.00 bits per heavy atom. The molecule has 3 aromatic rings. The Kier molecular flexibility index (Phi) is 2.85. The Morgan fingerprint density at radius 1 is 1.39 bits per heavy atom. The van der Waals surface area contributed by atoms with Crippen molar-refractivity contribution >= 4 is 22.3 Å². The molecule has 0 fully saturated rings. The van der Waals surface area contributed by atoms with Crippen LogP contribution in [0, 0.1) is 5.82 Å². The van der Waals surface area contributed by atoms with Gasteiger partial charge in [0.25, 0.3) is 0 Å². The summed E-state index contributed by atoms with van der Waals surface area (Å²) in [6.07, 6.45) is 0. The molecule has 0 aliphatic heterocycles. The van der Waals surface area contributed by atoms with Crippen molar-refractivity contribution in [3.8, 4) is 0 Å². The van der Waals surface area contributed by atoms with E-state index in [0.717, 1.165) is 16.8 Å². The fourth-order valence-corrected chi connectivity index (χ4v) is 2.56. The number of furan rings is 1. The van der Waals surface area contributed by atoms with Crippen molar-refractivity contribution in [1.29, 1.82) is 0 Å². The number of thiazole rings is 1. The molecule has 1 aromatic carbocycles. The zero-order chi connectivity index (χ0) is 12.5. The van der Waals surface area contributed by atoms with Gasteiger partial charge in [-0.25, -0.2) is 9.37 Å². The highest BCUT2D eigenvalue weighted by atomic mass is 32.1. The van der Waals surface area contributed by atoms with Crippen LogP contribution in [0.2, 0.25) is 0 Å². The molecule has 1 N–H and O–H groups in total. The first kappa shape index (κ1) is 11.4. The molecule has 2 aromatic heterocycles. The second-order valence-corrected chi connectivity index (χ2v) is 4.68. The van der Waals surface area contributed by atoms with Gasteiger partial charge in [-0.1, -0.05) is 0 Å². The van der Waals surface area contributed by atoms with Crippen LogP contribution in [0.25, 0.3) is 11.0 Å². The van der Waals surface area contributed by atoms with E-state index in [9.17, 15) is 4.39 Å². The van der Waals surface area contributed by atoms with Crippen molar-refractivity contribution in [3.05, 3.63) is 52.4 Å². The molecule has 0 saturated carbocycles. The van der Waals surface area contributed by atoms with Gasteiger partial charge in [0.15, 0.2) is 0 Å². The molecule has 1 unspecified atom stereocenters. The van der Waals surface area contributed by atoms with Crippen LogP contribution in [-0.2, 0) is 0 Å². The Bertz CT molecular complexity index is 663. The van der Waals surface area contributed by atoms with Crippen molar-refractivity contribution in [2.45, 2.75) is 6.04 Å². The topological polar surface area (TPSA) is 38.1 Å². The predicted octanol–water partition coefficient (Wildman–Crippen LogP) is 3.34. The van der Waals surface area contributed by atoms with Gasteiger partial charge in [-0.05, 0) is 31.3 Å². The average molecular weight is 262 g/mol. The van der Waals surface area contributed by atoms with E-state index in [4.69, 9.17) is 4.42 Å². The predicted molar refractivity (Wildman–Crippen MR) is 69.2 cm³/mol. The number of hydrogen-bond donors (Lipinski definition) is 1. The van der Waals surface area contributed by atoms with E-state index in [1.807, 2.05) is 18.5 Å². The molecule has 3 nitrogen and oxygen atoms in total. The highest BCUT2D eigenvalue weighted by Crippen LogP contribution is 2.28. The molecule has 0 spiro atoms. The third kappa shape index (κ3) is 1.91. The first-order valence-corrected chi connectivity index (χ1v) is 6.46. The largest absolute Gasteiger partial charge is 0.459 e. The first-order valence-electron chi connectivity index (χ1n) is 5.52. The molecular weight excluding hydrogens is 251 g/mol. The van der Waals surface area contributed by atoms with Gasteiger partial charge in [-0.2, -0.15) is 0 Å². The lowest BCUT2D eigenvalue weighted by atomic mass is 10.1. The minimum Gasteiger partial charge on any atom is -0.459 e. The number of benzene rings is 1. The van der Waals surface area contributed by atoms with Crippen LogP contribution in [0.4, 0.5) is 4.39 Å². The summed E-state index contributed by atoms with van der Waals surface area (Å²) in [5.41, 5.74) is 3.37. The van der Waals surface area contributed by atoms with E-state index in [1.165, 1.54) is 23.5 Å². The zero-order valence-electron chi connectivity index (χ0n) is 9.68. The van der Waals surface area contributed by atoms with E-state index in [0.29, 0.717) is 5.58 Å². The smallest absolute Gasteiger partial charge is 0.134 e. The Labute approximate surface area is 107 Å². The highest BCUT2D eigenvalue weighted by Gasteiger charge is 2.18. The van der Waals surface area contributed by atoms with E-state index < -0.39 is 0 Å². The number of halogens is 1. The molecule has 92 valence electrons. The second kappa shape index (κ2) is 4.51. The van der Waals surface area contributed by atoms with Crippen LogP contribution in [-0.4, -0.2) is 12.0 Å². The maximum atomic E-state index is 13.1. The summed E-state index contributed by atoms with van der Waals surface area (Å²) in [6, 6.07) is 6.25. The van der Waals surface area contributed by atoms with E-state index >= 15 is 0 Å². The Morgan fingerprint density at radius 2 is 2.28 bits per heavy atom. The quantitative estimate of drug-likeness (QED) is 0.786. The fourth-order valence-electron chi connectivity index (χ4n) is 1.98. The first-order chi connectivity index (χ1) is 8.78. The van der Waals surface area contributed by atoms with Gasteiger partial charge in [0, 0.05) is 10.8 Å².